The topological polar surface area (TPSA) is 129 Å². The summed E-state index contributed by atoms with van der Waals surface area (Å²) in [5, 5.41) is 16.3. The number of aromatic nitrogens is 2. The van der Waals surface area contributed by atoms with Crippen LogP contribution >= 0.6 is 0 Å². The molecule has 2 aromatic rings. The van der Waals surface area contributed by atoms with Crippen molar-refractivity contribution in [1.29, 1.82) is 0 Å². The summed E-state index contributed by atoms with van der Waals surface area (Å²) in [5.74, 6) is -1.53. The number of carbonyl (C=O) groups excluding carboxylic acids is 2. The molecule has 168 valence electrons. The molecular formula is C21H24N6O5. The Bertz CT molecular complexity index is 1170. The zero-order chi connectivity index (χ0) is 22.8. The fourth-order valence-corrected chi connectivity index (χ4v) is 3.61. The monoisotopic (exact) mass is 440 g/mol. The van der Waals surface area contributed by atoms with E-state index >= 15 is 0 Å². The minimum atomic E-state index is -0.812. The SMILES string of the molecule is C=CC(=C)CNC(=O)c1nc2c(N3CCOC3=O)cc(N3CCNCC3)cn2c(=O)c1O. The Labute approximate surface area is 183 Å². The lowest BCUT2D eigenvalue weighted by molar-refractivity contribution is 0.0949. The van der Waals surface area contributed by atoms with Gasteiger partial charge in [0.25, 0.3) is 5.91 Å². The van der Waals surface area contributed by atoms with E-state index in [1.54, 1.807) is 12.3 Å². The van der Waals surface area contributed by atoms with Gasteiger partial charge in [-0.2, -0.15) is 0 Å². The number of nitrogens with zero attached hydrogens (tertiary/aromatic N) is 4. The summed E-state index contributed by atoms with van der Waals surface area (Å²) in [4.78, 5) is 45.6. The molecule has 2 amide bonds. The van der Waals surface area contributed by atoms with Crippen molar-refractivity contribution in [2.75, 3.05) is 55.7 Å². The molecule has 0 bridgehead atoms. The van der Waals surface area contributed by atoms with Crippen LogP contribution in [0.25, 0.3) is 5.65 Å². The second kappa shape index (κ2) is 8.71. The molecule has 4 rings (SSSR count). The molecule has 2 saturated heterocycles. The molecule has 0 unspecified atom stereocenters. The molecular weight excluding hydrogens is 416 g/mol. The predicted molar refractivity (Wildman–Crippen MR) is 119 cm³/mol. The Kier molecular flexibility index (Phi) is 5.82. The summed E-state index contributed by atoms with van der Waals surface area (Å²) in [5.41, 5.74) is 0.389. The molecule has 2 fully saturated rings. The van der Waals surface area contributed by atoms with Crippen molar-refractivity contribution in [3.8, 4) is 5.75 Å². The summed E-state index contributed by atoms with van der Waals surface area (Å²) in [6, 6.07) is 1.75. The van der Waals surface area contributed by atoms with E-state index in [9.17, 15) is 19.5 Å². The number of ether oxygens (including phenoxy) is 1. The van der Waals surface area contributed by atoms with E-state index in [1.807, 2.05) is 0 Å². The summed E-state index contributed by atoms with van der Waals surface area (Å²) in [6.45, 7) is 10.8. The molecule has 0 radical (unpaired) electrons. The molecule has 32 heavy (non-hydrogen) atoms. The van der Waals surface area contributed by atoms with Crippen LogP contribution in [0.2, 0.25) is 0 Å². The summed E-state index contributed by atoms with van der Waals surface area (Å²) < 4.78 is 6.22. The molecule has 0 aromatic carbocycles. The van der Waals surface area contributed by atoms with Gasteiger partial charge in [0.2, 0.25) is 5.75 Å². The number of pyridine rings is 1. The maximum atomic E-state index is 13.0. The minimum absolute atomic E-state index is 0.0678. The average molecular weight is 440 g/mol. The van der Waals surface area contributed by atoms with Crippen LogP contribution < -0.4 is 26.0 Å². The number of cyclic esters (lactones) is 1. The van der Waals surface area contributed by atoms with Gasteiger partial charge in [-0.15, -0.1) is 0 Å². The molecule has 11 nitrogen and oxygen atoms in total. The highest BCUT2D eigenvalue weighted by Gasteiger charge is 2.29. The number of piperazine rings is 1. The van der Waals surface area contributed by atoms with Crippen molar-refractivity contribution < 1.29 is 19.4 Å². The molecule has 0 aliphatic carbocycles. The van der Waals surface area contributed by atoms with E-state index < -0.39 is 29.0 Å². The maximum absolute atomic E-state index is 13.0. The minimum Gasteiger partial charge on any atom is -0.501 e. The maximum Gasteiger partial charge on any atom is 0.414 e. The number of amides is 2. The van der Waals surface area contributed by atoms with Crippen LogP contribution in [0.3, 0.4) is 0 Å². The Morgan fingerprint density at radius 3 is 2.72 bits per heavy atom. The first-order valence-electron chi connectivity index (χ1n) is 10.2. The number of nitrogens with one attached hydrogen (secondary N) is 2. The second-order valence-electron chi connectivity index (χ2n) is 7.44. The van der Waals surface area contributed by atoms with Gasteiger partial charge in [-0.1, -0.05) is 19.2 Å². The molecule has 3 N–H and O–H groups in total. The van der Waals surface area contributed by atoms with E-state index in [-0.39, 0.29) is 25.3 Å². The van der Waals surface area contributed by atoms with Gasteiger partial charge in [0.15, 0.2) is 11.3 Å². The van der Waals surface area contributed by atoms with Gasteiger partial charge >= 0.3 is 11.7 Å². The number of anilines is 2. The van der Waals surface area contributed by atoms with E-state index in [4.69, 9.17) is 4.74 Å². The van der Waals surface area contributed by atoms with Crippen LogP contribution in [0.15, 0.2) is 41.9 Å². The van der Waals surface area contributed by atoms with E-state index in [2.05, 4.69) is 33.7 Å². The van der Waals surface area contributed by atoms with Crippen LogP contribution in [0.1, 0.15) is 10.5 Å². The van der Waals surface area contributed by atoms with E-state index in [0.717, 1.165) is 17.5 Å². The number of aromatic hydroxyl groups is 1. The second-order valence-corrected chi connectivity index (χ2v) is 7.44. The molecule has 2 aliphatic rings. The van der Waals surface area contributed by atoms with Gasteiger partial charge in [-0.3, -0.25) is 18.9 Å². The lowest BCUT2D eigenvalue weighted by Crippen LogP contribution is -2.43. The number of hydrogen-bond acceptors (Lipinski definition) is 8. The van der Waals surface area contributed by atoms with Crippen molar-refractivity contribution in [2.24, 2.45) is 0 Å². The largest absolute Gasteiger partial charge is 0.501 e. The van der Waals surface area contributed by atoms with Gasteiger partial charge in [-0.25, -0.2) is 9.78 Å². The third-order valence-electron chi connectivity index (χ3n) is 5.38. The predicted octanol–water partition coefficient (Wildman–Crippen LogP) is 0.238. The molecule has 0 saturated carbocycles. The van der Waals surface area contributed by atoms with Gasteiger partial charge in [0.05, 0.1) is 17.9 Å². The lowest BCUT2D eigenvalue weighted by atomic mass is 10.2. The highest BCUT2D eigenvalue weighted by atomic mass is 16.6. The number of hydrogen-bond donors (Lipinski definition) is 3. The molecule has 4 heterocycles. The zero-order valence-corrected chi connectivity index (χ0v) is 17.5. The fourth-order valence-electron chi connectivity index (χ4n) is 3.61. The third kappa shape index (κ3) is 3.89. The van der Waals surface area contributed by atoms with Gasteiger partial charge in [-0.05, 0) is 11.6 Å². The van der Waals surface area contributed by atoms with Crippen molar-refractivity contribution in [1.82, 2.24) is 20.0 Å². The standard InChI is InChI=1S/C21H24N6O5/c1-3-13(2)11-23-19(29)16-17(28)20(30)27-12-14(25-6-4-22-5-7-25)10-15(18(27)24-16)26-8-9-32-21(26)31/h3,10,12,22,28H,1-2,4-9,11H2,(H,23,29). The van der Waals surface area contributed by atoms with Gasteiger partial charge in [0, 0.05) is 38.9 Å². The first-order chi connectivity index (χ1) is 15.4. The molecule has 0 spiro atoms. The Morgan fingerprint density at radius 2 is 2.06 bits per heavy atom. The number of fused-ring (bicyclic) bond motifs is 1. The van der Waals surface area contributed by atoms with Gasteiger partial charge < -0.3 is 25.4 Å². The summed E-state index contributed by atoms with van der Waals surface area (Å²) in [7, 11) is 0. The lowest BCUT2D eigenvalue weighted by Gasteiger charge is -2.30. The molecule has 11 heteroatoms. The summed E-state index contributed by atoms with van der Waals surface area (Å²) >= 11 is 0. The van der Waals surface area contributed by atoms with Crippen molar-refractivity contribution in [3.63, 3.8) is 0 Å². The van der Waals surface area contributed by atoms with Crippen LogP contribution in [0.5, 0.6) is 5.75 Å². The number of carbonyl (C=O) groups is 2. The quantitative estimate of drug-likeness (QED) is 0.545. The third-order valence-corrected chi connectivity index (χ3v) is 5.38. The van der Waals surface area contributed by atoms with E-state index in [0.29, 0.717) is 30.0 Å². The molecule has 2 aliphatic heterocycles. The smallest absolute Gasteiger partial charge is 0.414 e. The van der Waals surface area contributed by atoms with Crippen molar-refractivity contribution in [3.05, 3.63) is 53.1 Å². The highest BCUT2D eigenvalue weighted by Crippen LogP contribution is 2.29. The highest BCUT2D eigenvalue weighted by molar-refractivity contribution is 5.98. The van der Waals surface area contributed by atoms with Crippen molar-refractivity contribution >= 4 is 29.0 Å². The molecule has 2 aromatic heterocycles. The Balaban J connectivity index is 1.86. The van der Waals surface area contributed by atoms with Crippen LogP contribution in [-0.2, 0) is 4.74 Å². The first kappa shape index (κ1) is 21.4. The fraction of sp³-hybridized carbons (Fsp3) is 0.333. The average Bonchev–Trinajstić information content (AvgIpc) is 3.25. The molecule has 0 atom stereocenters. The normalized spacial score (nSPS) is 16.2. The summed E-state index contributed by atoms with van der Waals surface area (Å²) in [6.07, 6.45) is 2.47. The van der Waals surface area contributed by atoms with E-state index in [1.165, 1.54) is 11.0 Å². The van der Waals surface area contributed by atoms with Crippen LogP contribution in [0, 0.1) is 0 Å². The Hall–Kier alpha value is -3.86. The van der Waals surface area contributed by atoms with Gasteiger partial charge in [0.1, 0.15) is 6.61 Å². The first-order valence-corrected chi connectivity index (χ1v) is 10.2. The van der Waals surface area contributed by atoms with Crippen molar-refractivity contribution in [2.45, 2.75) is 0 Å². The Morgan fingerprint density at radius 1 is 1.31 bits per heavy atom. The van der Waals surface area contributed by atoms with Crippen LogP contribution in [-0.4, -0.2) is 72.4 Å². The van der Waals surface area contributed by atoms with Crippen LogP contribution in [0.4, 0.5) is 16.2 Å². The number of rotatable bonds is 6. The zero-order valence-electron chi connectivity index (χ0n) is 17.5.